The number of aliphatic hydroxyl groups is 1. The van der Waals surface area contributed by atoms with Crippen LogP contribution in [-0.4, -0.2) is 36.8 Å². The smallest absolute Gasteiger partial charge is 0.245 e. The maximum absolute atomic E-state index is 12.0. The van der Waals surface area contributed by atoms with Crippen LogP contribution in [0.4, 0.5) is 5.69 Å². The molecule has 4 heteroatoms. The van der Waals surface area contributed by atoms with Crippen LogP contribution in [0.5, 0.6) is 0 Å². The first kappa shape index (κ1) is 13.9. The Bertz CT molecular complexity index is 453. The van der Waals surface area contributed by atoms with Crippen molar-refractivity contribution >= 4 is 11.6 Å². The lowest BCUT2D eigenvalue weighted by Gasteiger charge is -2.31. The molecule has 1 amide bonds. The van der Waals surface area contributed by atoms with Gasteiger partial charge >= 0.3 is 0 Å². The van der Waals surface area contributed by atoms with Crippen LogP contribution in [0.1, 0.15) is 18.1 Å². The minimum atomic E-state index is -0.494. The number of hydrogen-bond acceptors (Lipinski definition) is 3. The second kappa shape index (κ2) is 5.61. The summed E-state index contributed by atoms with van der Waals surface area (Å²) >= 11 is 0. The Kier molecular flexibility index (Phi) is 4.10. The van der Waals surface area contributed by atoms with E-state index in [2.05, 4.69) is 30.4 Å². The first-order chi connectivity index (χ1) is 9.01. The van der Waals surface area contributed by atoms with Crippen LogP contribution in [0.25, 0.3) is 0 Å². The minimum absolute atomic E-state index is 0.0917. The lowest BCUT2D eigenvalue weighted by Crippen LogP contribution is -2.47. The third-order valence-electron chi connectivity index (χ3n) is 3.52. The molecule has 1 aliphatic heterocycles. The fourth-order valence-corrected chi connectivity index (χ4v) is 2.65. The predicted octanol–water partition coefficient (Wildman–Crippen LogP) is 1.24. The van der Waals surface area contributed by atoms with Crippen molar-refractivity contribution in [1.82, 2.24) is 5.32 Å². The summed E-state index contributed by atoms with van der Waals surface area (Å²) in [5, 5.41) is 12.4. The van der Waals surface area contributed by atoms with E-state index >= 15 is 0 Å². The molecule has 0 saturated carbocycles. The van der Waals surface area contributed by atoms with Crippen molar-refractivity contribution in [1.29, 1.82) is 0 Å². The molecule has 0 aromatic heterocycles. The fraction of sp³-hybridized carbons (Fsp3) is 0.533. The number of amides is 1. The van der Waals surface area contributed by atoms with Gasteiger partial charge in [-0.3, -0.25) is 4.79 Å². The van der Waals surface area contributed by atoms with Gasteiger partial charge in [0, 0.05) is 18.8 Å². The summed E-state index contributed by atoms with van der Waals surface area (Å²) in [5.74, 6) is 0.271. The summed E-state index contributed by atoms with van der Waals surface area (Å²) in [4.78, 5) is 14.1. The summed E-state index contributed by atoms with van der Waals surface area (Å²) in [6.45, 7) is 7.47. The van der Waals surface area contributed by atoms with Gasteiger partial charge in [0.05, 0.1) is 6.61 Å². The zero-order valence-corrected chi connectivity index (χ0v) is 11.8. The zero-order chi connectivity index (χ0) is 14.0. The molecule has 1 aromatic carbocycles. The van der Waals surface area contributed by atoms with Gasteiger partial charge in [-0.2, -0.15) is 0 Å². The summed E-state index contributed by atoms with van der Waals surface area (Å²) in [6.07, 6.45) is 0. The Morgan fingerprint density at radius 2 is 1.95 bits per heavy atom. The van der Waals surface area contributed by atoms with Gasteiger partial charge in [0.1, 0.15) is 6.04 Å². The van der Waals surface area contributed by atoms with Crippen molar-refractivity contribution < 1.29 is 9.90 Å². The number of rotatable bonds is 2. The molecule has 1 fully saturated rings. The molecule has 104 valence electrons. The molecule has 1 aromatic rings. The Balaban J connectivity index is 2.39. The zero-order valence-electron chi connectivity index (χ0n) is 11.8. The van der Waals surface area contributed by atoms with Gasteiger partial charge in [-0.15, -0.1) is 0 Å². The maximum atomic E-state index is 12.0. The van der Waals surface area contributed by atoms with E-state index in [1.165, 1.54) is 11.1 Å². The van der Waals surface area contributed by atoms with Crippen molar-refractivity contribution in [2.45, 2.75) is 26.8 Å². The number of aliphatic hydroxyl groups excluding tert-OH is 1. The molecule has 0 aliphatic carbocycles. The van der Waals surface area contributed by atoms with E-state index < -0.39 is 6.04 Å². The Hall–Kier alpha value is -1.55. The SMILES string of the molecule is Cc1cc(C)cc(N2CC(C)CNC(=O)C2CO)c1. The Morgan fingerprint density at radius 3 is 2.53 bits per heavy atom. The minimum Gasteiger partial charge on any atom is -0.394 e. The number of nitrogens with zero attached hydrogens (tertiary/aromatic N) is 1. The molecule has 1 saturated heterocycles. The molecular formula is C15H22N2O2. The van der Waals surface area contributed by atoms with E-state index in [0.29, 0.717) is 12.5 Å². The molecule has 19 heavy (non-hydrogen) atoms. The van der Waals surface area contributed by atoms with Crippen LogP contribution >= 0.6 is 0 Å². The highest BCUT2D eigenvalue weighted by molar-refractivity contribution is 5.86. The standard InChI is InChI=1S/C15H22N2O2/c1-10-4-11(2)6-13(5-10)17-8-12(3)7-16-15(19)14(17)9-18/h4-6,12,14,18H,7-9H2,1-3H3,(H,16,19). The number of aryl methyl sites for hydroxylation is 2. The Morgan fingerprint density at radius 1 is 1.32 bits per heavy atom. The normalized spacial score (nSPS) is 24.0. The number of carbonyl (C=O) groups excluding carboxylic acids is 1. The first-order valence-electron chi connectivity index (χ1n) is 6.74. The van der Waals surface area contributed by atoms with Crippen LogP contribution in [-0.2, 0) is 4.79 Å². The molecule has 4 nitrogen and oxygen atoms in total. The predicted molar refractivity (Wildman–Crippen MR) is 76.3 cm³/mol. The highest BCUT2D eigenvalue weighted by Crippen LogP contribution is 2.23. The summed E-state index contributed by atoms with van der Waals surface area (Å²) in [6, 6.07) is 5.76. The first-order valence-corrected chi connectivity index (χ1v) is 6.74. The number of nitrogens with one attached hydrogen (secondary N) is 1. The lowest BCUT2D eigenvalue weighted by molar-refractivity contribution is -0.122. The van der Waals surface area contributed by atoms with Gasteiger partial charge in [-0.25, -0.2) is 0 Å². The maximum Gasteiger partial charge on any atom is 0.245 e. The van der Waals surface area contributed by atoms with Gasteiger partial charge in [0.25, 0.3) is 0 Å². The molecule has 1 heterocycles. The molecule has 0 bridgehead atoms. The average Bonchev–Trinajstić information content (AvgIpc) is 2.48. The van der Waals surface area contributed by atoms with Crippen molar-refractivity contribution in [2.75, 3.05) is 24.6 Å². The van der Waals surface area contributed by atoms with Gasteiger partial charge < -0.3 is 15.3 Å². The summed E-state index contributed by atoms with van der Waals surface area (Å²) in [5.41, 5.74) is 3.36. The van der Waals surface area contributed by atoms with Gasteiger partial charge in [-0.05, 0) is 43.0 Å². The van der Waals surface area contributed by atoms with Crippen molar-refractivity contribution in [3.05, 3.63) is 29.3 Å². The largest absolute Gasteiger partial charge is 0.394 e. The van der Waals surface area contributed by atoms with Crippen LogP contribution in [0.2, 0.25) is 0 Å². The van der Waals surface area contributed by atoms with E-state index in [4.69, 9.17) is 0 Å². The molecule has 2 atom stereocenters. The average molecular weight is 262 g/mol. The van der Waals surface area contributed by atoms with Crippen molar-refractivity contribution in [2.24, 2.45) is 5.92 Å². The molecule has 2 rings (SSSR count). The topological polar surface area (TPSA) is 52.6 Å². The Labute approximate surface area is 114 Å². The molecule has 2 N–H and O–H groups in total. The monoisotopic (exact) mass is 262 g/mol. The van der Waals surface area contributed by atoms with Crippen LogP contribution < -0.4 is 10.2 Å². The number of hydrogen-bond donors (Lipinski definition) is 2. The number of carbonyl (C=O) groups is 1. The second-order valence-corrected chi connectivity index (χ2v) is 5.55. The lowest BCUT2D eigenvalue weighted by atomic mass is 10.1. The fourth-order valence-electron chi connectivity index (χ4n) is 2.65. The number of anilines is 1. The van der Waals surface area contributed by atoms with Crippen LogP contribution in [0.15, 0.2) is 18.2 Å². The van der Waals surface area contributed by atoms with Gasteiger partial charge in [0.15, 0.2) is 0 Å². The van der Waals surface area contributed by atoms with E-state index in [-0.39, 0.29) is 12.5 Å². The highest BCUT2D eigenvalue weighted by atomic mass is 16.3. The van der Waals surface area contributed by atoms with Crippen molar-refractivity contribution in [3.63, 3.8) is 0 Å². The molecule has 0 radical (unpaired) electrons. The molecule has 0 spiro atoms. The van der Waals surface area contributed by atoms with Gasteiger partial charge in [-0.1, -0.05) is 13.0 Å². The van der Waals surface area contributed by atoms with Crippen LogP contribution in [0, 0.1) is 19.8 Å². The van der Waals surface area contributed by atoms with Crippen LogP contribution in [0.3, 0.4) is 0 Å². The second-order valence-electron chi connectivity index (χ2n) is 5.55. The quantitative estimate of drug-likeness (QED) is 0.843. The van der Waals surface area contributed by atoms with E-state index in [9.17, 15) is 9.90 Å². The number of benzene rings is 1. The van der Waals surface area contributed by atoms with Gasteiger partial charge in [0.2, 0.25) is 5.91 Å². The molecule has 2 unspecified atom stereocenters. The van der Waals surface area contributed by atoms with E-state index in [1.807, 2.05) is 18.7 Å². The van der Waals surface area contributed by atoms with Crippen molar-refractivity contribution in [3.8, 4) is 0 Å². The summed E-state index contributed by atoms with van der Waals surface area (Å²) < 4.78 is 0. The van der Waals surface area contributed by atoms with E-state index in [1.54, 1.807) is 0 Å². The molecular weight excluding hydrogens is 240 g/mol. The molecule has 1 aliphatic rings. The van der Waals surface area contributed by atoms with E-state index in [0.717, 1.165) is 12.2 Å². The third-order valence-corrected chi connectivity index (χ3v) is 3.52. The summed E-state index contributed by atoms with van der Waals surface area (Å²) in [7, 11) is 0. The highest BCUT2D eigenvalue weighted by Gasteiger charge is 2.30. The third kappa shape index (κ3) is 3.07.